The number of anilines is 1. The highest BCUT2D eigenvalue weighted by Gasteiger charge is 2.28. The molecule has 1 aliphatic heterocycles. The molecule has 1 saturated heterocycles. The average Bonchev–Trinajstić information content (AvgIpc) is 3.13. The quantitative estimate of drug-likeness (QED) is 0.834. The maximum atomic E-state index is 12.3. The van der Waals surface area contributed by atoms with Gasteiger partial charge in [0.2, 0.25) is 0 Å². The van der Waals surface area contributed by atoms with Gasteiger partial charge in [-0.05, 0) is 50.5 Å². The number of nitrogens with zero attached hydrogens (tertiary/aromatic N) is 1. The van der Waals surface area contributed by atoms with Gasteiger partial charge in [-0.15, -0.1) is 0 Å². The normalized spacial score (nSPS) is 17.5. The standard InChI is InChI=1S/C12H15N3O3.C7H7F.C2H6/c1-7-2-3-10(18-7)12(17)15-8-4-5-14-9(6-8)11(13)16;1-6-4-2-3-5-7(6)8;1-2/h4-7,10H,2-3H2,1H3,(H2,13,16)(H,14,15,17);2-5H,1H3;1-2H3. The molecule has 0 saturated carbocycles. The number of ether oxygens (including phenoxy) is 1. The van der Waals surface area contributed by atoms with Crippen LogP contribution in [0.3, 0.4) is 0 Å². The zero-order chi connectivity index (χ0) is 21.1. The van der Waals surface area contributed by atoms with Gasteiger partial charge >= 0.3 is 0 Å². The summed E-state index contributed by atoms with van der Waals surface area (Å²) in [6.45, 7) is 7.68. The third-order valence-electron chi connectivity index (χ3n) is 3.88. The van der Waals surface area contributed by atoms with Crippen LogP contribution >= 0.6 is 0 Å². The van der Waals surface area contributed by atoms with Gasteiger partial charge in [0.15, 0.2) is 0 Å². The van der Waals surface area contributed by atoms with Crippen molar-refractivity contribution >= 4 is 17.5 Å². The first-order chi connectivity index (χ1) is 13.4. The Hall–Kier alpha value is -2.80. The van der Waals surface area contributed by atoms with Gasteiger partial charge < -0.3 is 15.8 Å². The average molecular weight is 389 g/mol. The van der Waals surface area contributed by atoms with Crippen molar-refractivity contribution in [1.29, 1.82) is 0 Å². The van der Waals surface area contributed by atoms with Crippen LogP contribution in [0.2, 0.25) is 0 Å². The predicted molar refractivity (Wildman–Crippen MR) is 107 cm³/mol. The van der Waals surface area contributed by atoms with Gasteiger partial charge in [0.1, 0.15) is 17.6 Å². The third-order valence-corrected chi connectivity index (χ3v) is 3.88. The van der Waals surface area contributed by atoms with E-state index >= 15 is 0 Å². The number of nitrogens with one attached hydrogen (secondary N) is 1. The van der Waals surface area contributed by atoms with E-state index in [0.29, 0.717) is 17.7 Å². The maximum Gasteiger partial charge on any atom is 0.267 e. The van der Waals surface area contributed by atoms with E-state index in [0.717, 1.165) is 6.42 Å². The topological polar surface area (TPSA) is 94.3 Å². The van der Waals surface area contributed by atoms with Crippen LogP contribution in [0.4, 0.5) is 10.1 Å². The molecule has 1 aromatic heterocycles. The van der Waals surface area contributed by atoms with Crippen molar-refractivity contribution in [3.63, 3.8) is 0 Å². The molecule has 7 heteroatoms. The summed E-state index contributed by atoms with van der Waals surface area (Å²) in [5, 5.41) is 2.69. The molecule has 3 N–H and O–H groups in total. The summed E-state index contributed by atoms with van der Waals surface area (Å²) in [6.07, 6.45) is 2.69. The first-order valence-electron chi connectivity index (χ1n) is 9.30. The molecule has 3 rings (SSSR count). The van der Waals surface area contributed by atoms with Crippen molar-refractivity contribution < 1.29 is 18.7 Å². The van der Waals surface area contributed by atoms with Crippen molar-refractivity contribution in [2.45, 2.75) is 52.7 Å². The second-order valence-electron chi connectivity index (χ2n) is 6.05. The van der Waals surface area contributed by atoms with Gasteiger partial charge in [-0.25, -0.2) is 4.39 Å². The third kappa shape index (κ3) is 7.44. The first-order valence-corrected chi connectivity index (χ1v) is 9.30. The molecule has 2 amide bonds. The van der Waals surface area contributed by atoms with Crippen LogP contribution in [0.25, 0.3) is 0 Å². The van der Waals surface area contributed by atoms with Crippen LogP contribution in [0, 0.1) is 12.7 Å². The lowest BCUT2D eigenvalue weighted by Gasteiger charge is -2.11. The number of benzene rings is 1. The zero-order valence-electron chi connectivity index (χ0n) is 16.7. The fourth-order valence-corrected chi connectivity index (χ4v) is 2.41. The molecule has 2 aromatic rings. The predicted octanol–water partition coefficient (Wildman–Crippen LogP) is 3.85. The van der Waals surface area contributed by atoms with Crippen molar-refractivity contribution in [3.05, 3.63) is 59.7 Å². The van der Waals surface area contributed by atoms with Crippen LogP contribution in [-0.2, 0) is 9.53 Å². The van der Waals surface area contributed by atoms with Crippen molar-refractivity contribution in [3.8, 4) is 0 Å². The molecule has 6 nitrogen and oxygen atoms in total. The molecule has 0 bridgehead atoms. The molecular formula is C21H28FN3O3. The number of amides is 2. The largest absolute Gasteiger partial charge is 0.365 e. The molecule has 0 radical (unpaired) electrons. The number of carbonyl (C=O) groups is 2. The van der Waals surface area contributed by atoms with E-state index < -0.39 is 12.0 Å². The van der Waals surface area contributed by atoms with Crippen molar-refractivity contribution in [1.82, 2.24) is 4.98 Å². The highest BCUT2D eigenvalue weighted by molar-refractivity contribution is 5.96. The minimum atomic E-state index is -0.628. The van der Waals surface area contributed by atoms with Crippen LogP contribution in [0.5, 0.6) is 0 Å². The molecule has 0 spiro atoms. The van der Waals surface area contributed by atoms with E-state index in [9.17, 15) is 14.0 Å². The summed E-state index contributed by atoms with van der Waals surface area (Å²) in [6, 6.07) is 9.74. The highest BCUT2D eigenvalue weighted by Crippen LogP contribution is 2.20. The SMILES string of the molecule is CC.CC1CCC(C(=O)Nc2ccnc(C(N)=O)c2)O1.Cc1ccccc1F. The fourth-order valence-electron chi connectivity index (χ4n) is 2.41. The van der Waals surface area contributed by atoms with Crippen molar-refractivity contribution in [2.75, 3.05) is 5.32 Å². The Morgan fingerprint density at radius 3 is 2.39 bits per heavy atom. The molecule has 1 fully saturated rings. The van der Waals surface area contributed by atoms with Gasteiger partial charge in [-0.3, -0.25) is 14.6 Å². The van der Waals surface area contributed by atoms with Crippen LogP contribution in [-0.4, -0.2) is 29.0 Å². The summed E-state index contributed by atoms with van der Waals surface area (Å²) >= 11 is 0. The molecule has 1 aromatic carbocycles. The van der Waals surface area contributed by atoms with E-state index in [1.165, 1.54) is 18.3 Å². The number of rotatable bonds is 3. The molecule has 2 atom stereocenters. The summed E-state index contributed by atoms with van der Waals surface area (Å²) in [5.74, 6) is -0.967. The number of aromatic nitrogens is 1. The Morgan fingerprint density at radius 2 is 1.89 bits per heavy atom. The van der Waals surface area contributed by atoms with Gasteiger partial charge in [-0.2, -0.15) is 0 Å². The van der Waals surface area contributed by atoms with E-state index in [2.05, 4.69) is 10.3 Å². The number of carbonyl (C=O) groups excluding carboxylic acids is 2. The van der Waals surface area contributed by atoms with E-state index in [1.54, 1.807) is 25.1 Å². The Morgan fingerprint density at radius 1 is 1.21 bits per heavy atom. The van der Waals surface area contributed by atoms with E-state index in [1.807, 2.05) is 26.8 Å². The van der Waals surface area contributed by atoms with Crippen LogP contribution in [0.1, 0.15) is 49.7 Å². The number of aryl methyl sites for hydroxylation is 1. The fraction of sp³-hybridized carbons (Fsp3) is 0.381. The molecular weight excluding hydrogens is 361 g/mol. The Labute approximate surface area is 165 Å². The number of hydrogen-bond donors (Lipinski definition) is 2. The number of nitrogens with two attached hydrogens (primary N) is 1. The summed E-state index contributed by atoms with van der Waals surface area (Å²) in [7, 11) is 0. The van der Waals surface area contributed by atoms with Gasteiger partial charge in [0.25, 0.3) is 11.8 Å². The summed E-state index contributed by atoms with van der Waals surface area (Å²) in [5.41, 5.74) is 6.43. The second kappa shape index (κ2) is 11.8. The molecule has 152 valence electrons. The Balaban J connectivity index is 0.000000327. The molecule has 2 unspecified atom stereocenters. The molecule has 28 heavy (non-hydrogen) atoms. The Bertz CT molecular complexity index is 762. The van der Waals surface area contributed by atoms with Gasteiger partial charge in [0.05, 0.1) is 6.10 Å². The lowest BCUT2D eigenvalue weighted by atomic mass is 10.2. The summed E-state index contributed by atoms with van der Waals surface area (Å²) in [4.78, 5) is 26.6. The molecule has 0 aliphatic carbocycles. The number of halogens is 1. The minimum absolute atomic E-state index is 0.111. The Kier molecular flexibility index (Phi) is 9.81. The van der Waals surface area contributed by atoms with Gasteiger partial charge in [-0.1, -0.05) is 32.0 Å². The van der Waals surface area contributed by atoms with Crippen molar-refractivity contribution in [2.24, 2.45) is 5.73 Å². The lowest BCUT2D eigenvalue weighted by molar-refractivity contribution is -0.126. The lowest BCUT2D eigenvalue weighted by Crippen LogP contribution is -2.28. The first kappa shape index (κ1) is 23.2. The van der Waals surface area contributed by atoms with Crippen LogP contribution in [0.15, 0.2) is 42.6 Å². The number of pyridine rings is 1. The number of hydrogen-bond acceptors (Lipinski definition) is 4. The smallest absolute Gasteiger partial charge is 0.267 e. The number of primary amides is 1. The molecule has 2 heterocycles. The minimum Gasteiger partial charge on any atom is -0.365 e. The van der Waals surface area contributed by atoms with Gasteiger partial charge in [0, 0.05) is 11.9 Å². The monoisotopic (exact) mass is 389 g/mol. The zero-order valence-corrected chi connectivity index (χ0v) is 16.7. The highest BCUT2D eigenvalue weighted by atomic mass is 19.1. The van der Waals surface area contributed by atoms with E-state index in [4.69, 9.17) is 10.5 Å². The second-order valence-corrected chi connectivity index (χ2v) is 6.05. The summed E-state index contributed by atoms with van der Waals surface area (Å²) < 4.78 is 17.8. The maximum absolute atomic E-state index is 12.3. The molecule has 1 aliphatic rings. The van der Waals surface area contributed by atoms with Crippen LogP contribution < -0.4 is 11.1 Å². The van der Waals surface area contributed by atoms with E-state index in [-0.39, 0.29) is 23.5 Å².